The summed E-state index contributed by atoms with van der Waals surface area (Å²) in [5, 5.41) is 17.5. The smallest absolute Gasteiger partial charge is 0.103 e. The lowest BCUT2D eigenvalue weighted by Crippen LogP contribution is -2.06. The fourth-order valence-electron chi connectivity index (χ4n) is 3.04. The second-order valence-corrected chi connectivity index (χ2v) is 6.13. The number of hydrogen-bond acceptors (Lipinski definition) is 4. The van der Waals surface area contributed by atoms with Crippen molar-refractivity contribution in [3.05, 3.63) is 70.3 Å². The van der Waals surface area contributed by atoms with Crippen LogP contribution in [0.2, 0.25) is 0 Å². The molecule has 0 saturated heterocycles. The molecule has 25 heavy (non-hydrogen) atoms. The Morgan fingerprint density at radius 3 is 2.48 bits per heavy atom. The highest BCUT2D eigenvalue weighted by molar-refractivity contribution is 5.60. The number of aryl methyl sites for hydroxylation is 3. The van der Waals surface area contributed by atoms with Crippen molar-refractivity contribution in [3.8, 4) is 11.8 Å². The van der Waals surface area contributed by atoms with Gasteiger partial charge in [0, 0.05) is 23.5 Å². The van der Waals surface area contributed by atoms with Crippen molar-refractivity contribution in [1.29, 1.82) is 5.26 Å². The lowest BCUT2D eigenvalue weighted by molar-refractivity contribution is 0.833. The van der Waals surface area contributed by atoms with Crippen molar-refractivity contribution in [2.75, 3.05) is 5.32 Å². The Balaban J connectivity index is 1.91. The number of hydrogen-bond donors (Lipinski definition) is 1. The summed E-state index contributed by atoms with van der Waals surface area (Å²) in [6.07, 6.45) is 0. The van der Waals surface area contributed by atoms with Gasteiger partial charge in [0.05, 0.1) is 28.3 Å². The number of aromatic nitrogens is 3. The van der Waals surface area contributed by atoms with Crippen LogP contribution in [0, 0.1) is 39.0 Å². The molecule has 1 aromatic carbocycles. The van der Waals surface area contributed by atoms with Gasteiger partial charge in [-0.3, -0.25) is 4.98 Å². The fourth-order valence-corrected chi connectivity index (χ4v) is 3.04. The van der Waals surface area contributed by atoms with Gasteiger partial charge in [-0.15, -0.1) is 0 Å². The van der Waals surface area contributed by atoms with E-state index in [-0.39, 0.29) is 0 Å². The Hall–Kier alpha value is -3.13. The molecular weight excluding hydrogens is 310 g/mol. The average molecular weight is 331 g/mol. The van der Waals surface area contributed by atoms with Crippen LogP contribution in [0.4, 0.5) is 5.69 Å². The molecule has 0 unspecified atom stereocenters. The minimum absolute atomic E-state index is 0.594. The van der Waals surface area contributed by atoms with Crippen LogP contribution in [-0.4, -0.2) is 14.8 Å². The summed E-state index contributed by atoms with van der Waals surface area (Å²) in [5.74, 6) is 0. The number of nitriles is 1. The van der Waals surface area contributed by atoms with Crippen LogP contribution < -0.4 is 5.32 Å². The van der Waals surface area contributed by atoms with E-state index in [9.17, 15) is 5.26 Å². The second kappa shape index (κ2) is 6.78. The van der Waals surface area contributed by atoms with E-state index in [0.717, 1.165) is 39.7 Å². The molecule has 2 heterocycles. The Morgan fingerprint density at radius 1 is 1.08 bits per heavy atom. The number of anilines is 1. The van der Waals surface area contributed by atoms with E-state index in [1.54, 1.807) is 0 Å². The number of benzene rings is 1. The highest BCUT2D eigenvalue weighted by atomic mass is 15.3. The van der Waals surface area contributed by atoms with Crippen molar-refractivity contribution in [3.63, 3.8) is 0 Å². The molecule has 3 rings (SSSR count). The van der Waals surface area contributed by atoms with Gasteiger partial charge in [-0.05, 0) is 45.9 Å². The van der Waals surface area contributed by atoms with E-state index in [1.807, 2.05) is 61.9 Å². The predicted molar refractivity (Wildman–Crippen MR) is 98.8 cm³/mol. The molecule has 0 fully saturated rings. The summed E-state index contributed by atoms with van der Waals surface area (Å²) in [5.41, 5.74) is 7.32. The molecule has 0 radical (unpaired) electrons. The predicted octanol–water partition coefficient (Wildman–Crippen LogP) is 3.98. The molecule has 5 nitrogen and oxygen atoms in total. The van der Waals surface area contributed by atoms with Crippen LogP contribution >= 0.6 is 0 Å². The average Bonchev–Trinajstić information content (AvgIpc) is 2.87. The van der Waals surface area contributed by atoms with Crippen LogP contribution in [0.5, 0.6) is 0 Å². The first-order valence-electron chi connectivity index (χ1n) is 8.24. The molecule has 1 N–H and O–H groups in total. The van der Waals surface area contributed by atoms with Crippen LogP contribution in [0.15, 0.2) is 36.4 Å². The highest BCUT2D eigenvalue weighted by Crippen LogP contribution is 2.22. The molecule has 2 aromatic heterocycles. The van der Waals surface area contributed by atoms with Gasteiger partial charge >= 0.3 is 0 Å². The molecule has 126 valence electrons. The summed E-state index contributed by atoms with van der Waals surface area (Å²) in [7, 11) is 0. The maximum absolute atomic E-state index is 9.40. The van der Waals surface area contributed by atoms with E-state index in [1.165, 1.54) is 0 Å². The second-order valence-electron chi connectivity index (χ2n) is 6.13. The molecule has 0 saturated carbocycles. The number of para-hydroxylation sites is 1. The molecule has 0 bridgehead atoms. The van der Waals surface area contributed by atoms with Crippen LogP contribution in [-0.2, 0) is 6.54 Å². The first-order chi connectivity index (χ1) is 12.0. The number of nitrogens with one attached hydrogen (secondary N) is 1. The van der Waals surface area contributed by atoms with Crippen molar-refractivity contribution in [2.24, 2.45) is 0 Å². The quantitative estimate of drug-likeness (QED) is 0.785. The highest BCUT2D eigenvalue weighted by Gasteiger charge is 2.14. The lowest BCUT2D eigenvalue weighted by atomic mass is 10.1. The van der Waals surface area contributed by atoms with Gasteiger partial charge in [0.25, 0.3) is 0 Å². The lowest BCUT2D eigenvalue weighted by Gasteiger charge is -2.11. The molecule has 0 amide bonds. The first kappa shape index (κ1) is 16.7. The summed E-state index contributed by atoms with van der Waals surface area (Å²) < 4.78 is 1.96. The standard InChI is InChI=1S/C20H21N5/c1-13-10-20(18(11-21)14(2)23-13)22-12-19-15(3)24-25(16(19)4)17-8-6-5-7-9-17/h5-10H,12H2,1-4H3,(H,22,23). The minimum Gasteiger partial charge on any atom is -0.380 e. The first-order valence-corrected chi connectivity index (χ1v) is 8.24. The van der Waals surface area contributed by atoms with E-state index in [2.05, 4.69) is 28.4 Å². The van der Waals surface area contributed by atoms with E-state index in [0.29, 0.717) is 12.1 Å². The zero-order valence-corrected chi connectivity index (χ0v) is 15.0. The zero-order chi connectivity index (χ0) is 18.0. The fraction of sp³-hybridized carbons (Fsp3) is 0.250. The third-order valence-electron chi connectivity index (χ3n) is 4.34. The third kappa shape index (κ3) is 3.24. The molecule has 3 aromatic rings. The summed E-state index contributed by atoms with van der Waals surface area (Å²) >= 11 is 0. The monoisotopic (exact) mass is 331 g/mol. The maximum atomic E-state index is 9.40. The van der Waals surface area contributed by atoms with Crippen LogP contribution in [0.3, 0.4) is 0 Å². The van der Waals surface area contributed by atoms with E-state index in [4.69, 9.17) is 0 Å². The van der Waals surface area contributed by atoms with Gasteiger partial charge in [0.1, 0.15) is 6.07 Å². The normalized spacial score (nSPS) is 10.5. The Bertz CT molecular complexity index is 948. The summed E-state index contributed by atoms with van der Waals surface area (Å²) in [6.45, 7) is 8.49. The Morgan fingerprint density at radius 2 is 1.80 bits per heavy atom. The largest absolute Gasteiger partial charge is 0.380 e. The van der Waals surface area contributed by atoms with Crippen molar-refractivity contribution in [1.82, 2.24) is 14.8 Å². The maximum Gasteiger partial charge on any atom is 0.103 e. The van der Waals surface area contributed by atoms with Gasteiger partial charge in [-0.2, -0.15) is 10.4 Å². The number of rotatable bonds is 4. The molecule has 5 heteroatoms. The van der Waals surface area contributed by atoms with Gasteiger partial charge in [0.15, 0.2) is 0 Å². The molecular formula is C20H21N5. The van der Waals surface area contributed by atoms with Gasteiger partial charge in [0.2, 0.25) is 0 Å². The number of nitrogens with zero attached hydrogens (tertiary/aromatic N) is 4. The molecule has 0 atom stereocenters. The van der Waals surface area contributed by atoms with Gasteiger partial charge in [-0.1, -0.05) is 18.2 Å². The minimum atomic E-state index is 0.594. The van der Waals surface area contributed by atoms with E-state index >= 15 is 0 Å². The summed E-state index contributed by atoms with van der Waals surface area (Å²) in [4.78, 5) is 4.36. The van der Waals surface area contributed by atoms with Crippen molar-refractivity contribution < 1.29 is 0 Å². The molecule has 0 aliphatic carbocycles. The van der Waals surface area contributed by atoms with Crippen LogP contribution in [0.25, 0.3) is 5.69 Å². The van der Waals surface area contributed by atoms with E-state index < -0.39 is 0 Å². The zero-order valence-electron chi connectivity index (χ0n) is 15.0. The Labute approximate surface area is 148 Å². The van der Waals surface area contributed by atoms with Crippen LogP contribution in [0.1, 0.15) is 33.9 Å². The number of pyridine rings is 1. The molecule has 0 spiro atoms. The SMILES string of the molecule is Cc1cc(NCc2c(C)nn(-c3ccccc3)c2C)c(C#N)c(C)n1. The Kier molecular flexibility index (Phi) is 4.53. The summed E-state index contributed by atoms with van der Waals surface area (Å²) in [6, 6.07) is 14.2. The molecule has 0 aliphatic heterocycles. The third-order valence-corrected chi connectivity index (χ3v) is 4.34. The van der Waals surface area contributed by atoms with Gasteiger partial charge < -0.3 is 5.32 Å². The van der Waals surface area contributed by atoms with Crippen molar-refractivity contribution in [2.45, 2.75) is 34.2 Å². The van der Waals surface area contributed by atoms with Gasteiger partial charge in [-0.25, -0.2) is 4.68 Å². The van der Waals surface area contributed by atoms with Crippen molar-refractivity contribution >= 4 is 5.69 Å². The topological polar surface area (TPSA) is 66.5 Å². The molecule has 0 aliphatic rings.